The fraction of sp³-hybridized carbons (Fsp3) is 0.292. The van der Waals surface area contributed by atoms with E-state index in [0.717, 1.165) is 16.7 Å². The monoisotopic (exact) mass is 532 g/mol. The summed E-state index contributed by atoms with van der Waals surface area (Å²) in [5, 5.41) is 2.21. The number of amides is 3. The first-order chi connectivity index (χ1) is 15.8. The quantitative estimate of drug-likeness (QED) is 0.425. The summed E-state index contributed by atoms with van der Waals surface area (Å²) in [6, 6.07) is 12.5. The lowest BCUT2D eigenvalue weighted by atomic mass is 10.1. The predicted molar refractivity (Wildman–Crippen MR) is 133 cm³/mol. The number of para-hydroxylation sites is 1. The van der Waals surface area contributed by atoms with Crippen LogP contribution in [-0.2, 0) is 9.59 Å². The second-order valence-corrected chi connectivity index (χ2v) is 9.49. The molecule has 2 aromatic carbocycles. The minimum Gasteiger partial charge on any atom is -0.490 e. The Labute approximate surface area is 205 Å². The normalized spacial score (nSPS) is 14.8. The molecule has 0 aliphatic carbocycles. The molecule has 0 atom stereocenters. The van der Waals surface area contributed by atoms with E-state index in [-0.39, 0.29) is 11.4 Å². The molecule has 1 saturated heterocycles. The molecule has 7 nitrogen and oxygen atoms in total. The molecule has 1 aliphatic rings. The van der Waals surface area contributed by atoms with Crippen LogP contribution >= 0.6 is 27.7 Å². The number of thioether (sulfide) groups is 1. The van der Waals surface area contributed by atoms with Gasteiger partial charge in [-0.15, -0.1) is 0 Å². The van der Waals surface area contributed by atoms with Crippen molar-refractivity contribution in [3.8, 4) is 11.5 Å². The highest BCUT2D eigenvalue weighted by atomic mass is 79.9. The van der Waals surface area contributed by atoms with Crippen molar-refractivity contribution >= 4 is 56.5 Å². The third kappa shape index (κ3) is 6.61. The van der Waals surface area contributed by atoms with Gasteiger partial charge in [0, 0.05) is 4.47 Å². The molecule has 3 rings (SSSR count). The second-order valence-electron chi connectivity index (χ2n) is 7.64. The smallest absolute Gasteiger partial charge is 0.294 e. The van der Waals surface area contributed by atoms with E-state index in [0.29, 0.717) is 46.4 Å². The van der Waals surface area contributed by atoms with Gasteiger partial charge in [0.15, 0.2) is 11.5 Å². The largest absolute Gasteiger partial charge is 0.490 e. The molecule has 0 spiro atoms. The van der Waals surface area contributed by atoms with Gasteiger partial charge in [0.2, 0.25) is 5.91 Å². The number of nitrogens with zero attached hydrogens (tertiary/aromatic N) is 1. The maximum Gasteiger partial charge on any atom is 0.294 e. The van der Waals surface area contributed by atoms with Crippen molar-refractivity contribution in [1.29, 1.82) is 0 Å². The van der Waals surface area contributed by atoms with Crippen LogP contribution in [-0.4, -0.2) is 41.7 Å². The zero-order valence-electron chi connectivity index (χ0n) is 18.6. The van der Waals surface area contributed by atoms with Crippen LogP contribution in [0.2, 0.25) is 0 Å². The summed E-state index contributed by atoms with van der Waals surface area (Å²) in [6.07, 6.45) is 1.62. The number of benzene rings is 2. The topological polar surface area (TPSA) is 84.9 Å². The molecule has 0 bridgehead atoms. The Hall–Kier alpha value is -2.78. The Morgan fingerprint density at radius 2 is 1.91 bits per heavy atom. The summed E-state index contributed by atoms with van der Waals surface area (Å²) >= 11 is 4.15. The molecule has 174 valence electrons. The van der Waals surface area contributed by atoms with Gasteiger partial charge in [-0.2, -0.15) is 0 Å². The molecule has 3 amide bonds. The van der Waals surface area contributed by atoms with E-state index in [2.05, 4.69) is 35.1 Å². The van der Waals surface area contributed by atoms with Crippen molar-refractivity contribution in [2.45, 2.75) is 20.8 Å². The minimum atomic E-state index is -0.509. The molecular formula is C24H25BrN2O5S. The van der Waals surface area contributed by atoms with Crippen molar-refractivity contribution in [1.82, 2.24) is 4.90 Å². The number of ether oxygens (including phenoxy) is 2. The summed E-state index contributed by atoms with van der Waals surface area (Å²) in [4.78, 5) is 38.8. The second kappa shape index (κ2) is 11.4. The van der Waals surface area contributed by atoms with Crippen molar-refractivity contribution in [2.75, 3.05) is 25.1 Å². The van der Waals surface area contributed by atoms with Crippen molar-refractivity contribution < 1.29 is 23.9 Å². The lowest BCUT2D eigenvalue weighted by molar-refractivity contribution is -0.127. The van der Waals surface area contributed by atoms with E-state index < -0.39 is 17.1 Å². The highest BCUT2D eigenvalue weighted by molar-refractivity contribution is 9.10. The molecule has 0 aromatic heterocycles. The standard InChI is InChI=1S/C24H25BrN2O5S/c1-4-31-20-11-16(9-10-19(20)32-14-15(2)3)12-21-23(29)27(24(30)33-21)13-22(28)26-18-8-6-5-7-17(18)25/h5-12,15H,4,13-14H2,1-3H3,(H,26,28)/b21-12-. The van der Waals surface area contributed by atoms with Crippen LogP contribution < -0.4 is 14.8 Å². The SMILES string of the molecule is CCOc1cc(/C=C2\SC(=O)N(CC(=O)Nc3ccccc3Br)C2=O)ccc1OCC(C)C. The van der Waals surface area contributed by atoms with Crippen LogP contribution in [0.3, 0.4) is 0 Å². The number of imide groups is 1. The van der Waals surface area contributed by atoms with Crippen LogP contribution in [0.4, 0.5) is 10.5 Å². The first-order valence-corrected chi connectivity index (χ1v) is 12.1. The molecule has 1 fully saturated rings. The van der Waals surface area contributed by atoms with E-state index >= 15 is 0 Å². The molecule has 1 N–H and O–H groups in total. The molecule has 0 radical (unpaired) electrons. The maximum absolute atomic E-state index is 12.8. The van der Waals surface area contributed by atoms with Gasteiger partial charge in [-0.05, 0) is 76.4 Å². The van der Waals surface area contributed by atoms with Crippen LogP contribution in [0.25, 0.3) is 6.08 Å². The predicted octanol–water partition coefficient (Wildman–Crippen LogP) is 5.56. The lowest BCUT2D eigenvalue weighted by Gasteiger charge is -2.14. The van der Waals surface area contributed by atoms with Gasteiger partial charge in [0.25, 0.3) is 11.1 Å². The summed E-state index contributed by atoms with van der Waals surface area (Å²) in [6.45, 7) is 6.65. The van der Waals surface area contributed by atoms with E-state index in [1.165, 1.54) is 0 Å². The van der Waals surface area contributed by atoms with Gasteiger partial charge >= 0.3 is 0 Å². The number of carbonyl (C=O) groups excluding carboxylic acids is 3. The van der Waals surface area contributed by atoms with Gasteiger partial charge in [-0.3, -0.25) is 19.3 Å². The first-order valence-electron chi connectivity index (χ1n) is 10.5. The lowest BCUT2D eigenvalue weighted by Crippen LogP contribution is -2.36. The van der Waals surface area contributed by atoms with Gasteiger partial charge in [0.05, 0.1) is 23.8 Å². The number of nitrogens with one attached hydrogen (secondary N) is 1. The van der Waals surface area contributed by atoms with E-state index in [9.17, 15) is 14.4 Å². The van der Waals surface area contributed by atoms with Crippen LogP contribution in [0, 0.1) is 5.92 Å². The summed E-state index contributed by atoms with van der Waals surface area (Å²) in [7, 11) is 0. The number of halogens is 1. The van der Waals surface area contributed by atoms with Gasteiger partial charge in [-0.1, -0.05) is 32.0 Å². The average molecular weight is 533 g/mol. The minimum absolute atomic E-state index is 0.243. The maximum atomic E-state index is 12.8. The molecular weight excluding hydrogens is 508 g/mol. The summed E-state index contributed by atoms with van der Waals surface area (Å²) in [5.41, 5.74) is 1.26. The number of anilines is 1. The number of carbonyl (C=O) groups is 3. The van der Waals surface area contributed by atoms with Gasteiger partial charge in [-0.25, -0.2) is 0 Å². The Morgan fingerprint density at radius 1 is 1.15 bits per heavy atom. The molecule has 2 aromatic rings. The number of hydrogen-bond acceptors (Lipinski definition) is 6. The van der Waals surface area contributed by atoms with Gasteiger partial charge in [0.1, 0.15) is 6.54 Å². The molecule has 1 aliphatic heterocycles. The van der Waals surface area contributed by atoms with Crippen molar-refractivity contribution in [2.24, 2.45) is 5.92 Å². The Kier molecular flexibility index (Phi) is 8.57. The summed E-state index contributed by atoms with van der Waals surface area (Å²) in [5.74, 6) is 0.589. The zero-order valence-corrected chi connectivity index (χ0v) is 21.0. The third-order valence-electron chi connectivity index (χ3n) is 4.46. The third-order valence-corrected chi connectivity index (χ3v) is 6.06. The zero-order chi connectivity index (χ0) is 24.0. The summed E-state index contributed by atoms with van der Waals surface area (Å²) < 4.78 is 12.2. The fourth-order valence-electron chi connectivity index (χ4n) is 2.94. The average Bonchev–Trinajstić information content (AvgIpc) is 3.02. The molecule has 0 saturated carbocycles. The highest BCUT2D eigenvalue weighted by Gasteiger charge is 2.36. The molecule has 9 heteroatoms. The van der Waals surface area contributed by atoms with Crippen LogP contribution in [0.1, 0.15) is 26.3 Å². The van der Waals surface area contributed by atoms with Crippen molar-refractivity contribution in [3.05, 3.63) is 57.4 Å². The van der Waals surface area contributed by atoms with Crippen LogP contribution in [0.5, 0.6) is 11.5 Å². The molecule has 1 heterocycles. The number of hydrogen-bond donors (Lipinski definition) is 1. The number of rotatable bonds is 9. The van der Waals surface area contributed by atoms with E-state index in [4.69, 9.17) is 9.47 Å². The Bertz CT molecular complexity index is 1090. The highest BCUT2D eigenvalue weighted by Crippen LogP contribution is 2.35. The van der Waals surface area contributed by atoms with Gasteiger partial charge < -0.3 is 14.8 Å². The fourth-order valence-corrected chi connectivity index (χ4v) is 4.16. The first kappa shape index (κ1) is 24.9. The Morgan fingerprint density at radius 3 is 2.61 bits per heavy atom. The van der Waals surface area contributed by atoms with E-state index in [1.54, 1.807) is 42.5 Å². The Balaban J connectivity index is 1.72. The molecule has 33 heavy (non-hydrogen) atoms. The van der Waals surface area contributed by atoms with E-state index in [1.807, 2.05) is 13.0 Å². The molecule has 0 unspecified atom stereocenters. The van der Waals surface area contributed by atoms with Crippen LogP contribution in [0.15, 0.2) is 51.8 Å². The van der Waals surface area contributed by atoms with Crippen molar-refractivity contribution in [3.63, 3.8) is 0 Å².